The summed E-state index contributed by atoms with van der Waals surface area (Å²) in [7, 11) is 0. The molecule has 0 unspecified atom stereocenters. The van der Waals surface area contributed by atoms with E-state index in [1.54, 1.807) is 17.5 Å². The van der Waals surface area contributed by atoms with Crippen LogP contribution in [0.3, 0.4) is 0 Å². The molecule has 0 aromatic carbocycles. The van der Waals surface area contributed by atoms with Crippen molar-refractivity contribution in [2.75, 3.05) is 6.61 Å². The second-order valence-corrected chi connectivity index (χ2v) is 5.72. The quantitative estimate of drug-likeness (QED) is 0.741. The van der Waals surface area contributed by atoms with E-state index in [1.807, 2.05) is 0 Å². The lowest BCUT2D eigenvalue weighted by atomic mass is 10.3. The predicted octanol–water partition coefficient (Wildman–Crippen LogP) is 1.16. The SMILES string of the molecule is O=C(NCc1csc(=O)[nH]1)c1ccc(C#CCCO)s1. The number of amides is 1. The molecular formula is C13H12N2O3S2. The van der Waals surface area contributed by atoms with Crippen LogP contribution in [0, 0.1) is 11.8 Å². The molecule has 2 heterocycles. The number of H-pyrrole nitrogens is 1. The van der Waals surface area contributed by atoms with E-state index in [9.17, 15) is 9.59 Å². The Hall–Kier alpha value is -1.88. The van der Waals surface area contributed by atoms with Crippen LogP contribution in [0.25, 0.3) is 0 Å². The first kappa shape index (κ1) is 14.5. The van der Waals surface area contributed by atoms with Gasteiger partial charge in [-0.1, -0.05) is 23.2 Å². The average Bonchev–Trinajstić information content (AvgIpc) is 3.06. The number of carbonyl (C=O) groups excluding carboxylic acids is 1. The first-order chi connectivity index (χ1) is 9.69. The maximum atomic E-state index is 11.9. The highest BCUT2D eigenvalue weighted by Gasteiger charge is 2.08. The van der Waals surface area contributed by atoms with Crippen LogP contribution in [0.2, 0.25) is 0 Å². The zero-order chi connectivity index (χ0) is 14.4. The number of hydrogen-bond donors (Lipinski definition) is 3. The van der Waals surface area contributed by atoms with E-state index in [0.717, 1.165) is 16.2 Å². The molecule has 2 aromatic rings. The van der Waals surface area contributed by atoms with Crippen molar-refractivity contribution in [3.63, 3.8) is 0 Å². The van der Waals surface area contributed by atoms with Gasteiger partial charge in [0.15, 0.2) is 0 Å². The van der Waals surface area contributed by atoms with Gasteiger partial charge in [0.25, 0.3) is 5.91 Å². The van der Waals surface area contributed by atoms with Crippen molar-refractivity contribution in [2.24, 2.45) is 0 Å². The van der Waals surface area contributed by atoms with Crippen LogP contribution >= 0.6 is 22.7 Å². The third-order valence-corrected chi connectivity index (χ3v) is 4.01. The van der Waals surface area contributed by atoms with Crippen molar-refractivity contribution in [3.05, 3.63) is 42.6 Å². The lowest BCUT2D eigenvalue weighted by molar-refractivity contribution is 0.0954. The van der Waals surface area contributed by atoms with Crippen LogP contribution in [-0.2, 0) is 6.54 Å². The number of rotatable bonds is 4. The Labute approximate surface area is 123 Å². The highest BCUT2D eigenvalue weighted by atomic mass is 32.1. The molecule has 104 valence electrons. The van der Waals surface area contributed by atoms with Crippen molar-refractivity contribution in [3.8, 4) is 11.8 Å². The molecule has 0 aliphatic carbocycles. The zero-order valence-corrected chi connectivity index (χ0v) is 12.1. The minimum atomic E-state index is -0.197. The van der Waals surface area contributed by atoms with Gasteiger partial charge in [-0.2, -0.15) is 0 Å². The third kappa shape index (κ3) is 4.06. The minimum absolute atomic E-state index is 0.0323. The van der Waals surface area contributed by atoms with Gasteiger partial charge in [-0.3, -0.25) is 9.59 Å². The van der Waals surface area contributed by atoms with Crippen LogP contribution in [0.5, 0.6) is 0 Å². The molecule has 0 saturated carbocycles. The van der Waals surface area contributed by atoms with Gasteiger partial charge < -0.3 is 15.4 Å². The molecule has 20 heavy (non-hydrogen) atoms. The predicted molar refractivity (Wildman–Crippen MR) is 79.0 cm³/mol. The van der Waals surface area contributed by atoms with Crippen LogP contribution in [-0.4, -0.2) is 22.6 Å². The van der Waals surface area contributed by atoms with Gasteiger partial charge in [-0.05, 0) is 12.1 Å². The maximum absolute atomic E-state index is 11.9. The Balaban J connectivity index is 1.93. The molecule has 3 N–H and O–H groups in total. The van der Waals surface area contributed by atoms with Crippen LogP contribution in [0.15, 0.2) is 22.3 Å². The molecule has 0 radical (unpaired) electrons. The van der Waals surface area contributed by atoms with E-state index < -0.39 is 0 Å². The summed E-state index contributed by atoms with van der Waals surface area (Å²) in [5.41, 5.74) is 0.688. The summed E-state index contributed by atoms with van der Waals surface area (Å²) in [5.74, 6) is 5.49. The second kappa shape index (κ2) is 7.05. The number of thiazole rings is 1. The van der Waals surface area contributed by atoms with Crippen LogP contribution in [0.1, 0.15) is 26.7 Å². The van der Waals surface area contributed by atoms with E-state index in [-0.39, 0.29) is 17.4 Å². The highest BCUT2D eigenvalue weighted by Crippen LogP contribution is 2.15. The summed E-state index contributed by atoms with van der Waals surface area (Å²) >= 11 is 2.36. The number of nitrogens with one attached hydrogen (secondary N) is 2. The fourth-order valence-electron chi connectivity index (χ4n) is 1.40. The van der Waals surface area contributed by atoms with E-state index in [0.29, 0.717) is 23.5 Å². The van der Waals surface area contributed by atoms with Gasteiger partial charge in [-0.25, -0.2) is 0 Å². The number of aromatic nitrogens is 1. The first-order valence-electron chi connectivity index (χ1n) is 5.83. The molecule has 2 rings (SSSR count). The van der Waals surface area contributed by atoms with Gasteiger partial charge in [0, 0.05) is 17.5 Å². The summed E-state index contributed by atoms with van der Waals surface area (Å²) in [6.07, 6.45) is 0.422. The normalized spacial score (nSPS) is 9.85. The molecule has 0 bridgehead atoms. The van der Waals surface area contributed by atoms with E-state index in [1.165, 1.54) is 11.3 Å². The lowest BCUT2D eigenvalue weighted by Crippen LogP contribution is -2.22. The Morgan fingerprint density at radius 2 is 2.30 bits per heavy atom. The highest BCUT2D eigenvalue weighted by molar-refractivity contribution is 7.14. The second-order valence-electron chi connectivity index (χ2n) is 3.80. The topological polar surface area (TPSA) is 82.2 Å². The molecule has 0 aliphatic rings. The number of carbonyl (C=O) groups is 1. The molecule has 0 atom stereocenters. The molecular weight excluding hydrogens is 296 g/mol. The van der Waals surface area contributed by atoms with Crippen LogP contribution in [0.4, 0.5) is 0 Å². The lowest BCUT2D eigenvalue weighted by Gasteiger charge is -2.00. The van der Waals surface area contributed by atoms with Gasteiger partial charge in [-0.15, -0.1) is 11.3 Å². The summed E-state index contributed by atoms with van der Waals surface area (Å²) in [6, 6.07) is 3.48. The molecule has 0 spiro atoms. The average molecular weight is 308 g/mol. The monoisotopic (exact) mass is 308 g/mol. The number of thiophene rings is 1. The summed E-state index contributed by atoms with van der Waals surface area (Å²) in [6.45, 7) is 0.325. The summed E-state index contributed by atoms with van der Waals surface area (Å²) < 4.78 is 0. The van der Waals surface area contributed by atoms with Gasteiger partial charge >= 0.3 is 4.87 Å². The molecule has 5 nitrogen and oxygen atoms in total. The summed E-state index contributed by atoms with van der Waals surface area (Å²) in [5, 5.41) is 13.0. The van der Waals surface area contributed by atoms with Crippen molar-refractivity contribution >= 4 is 28.6 Å². The van der Waals surface area contributed by atoms with Gasteiger partial charge in [0.05, 0.1) is 22.9 Å². The molecule has 2 aromatic heterocycles. The van der Waals surface area contributed by atoms with E-state index in [4.69, 9.17) is 5.11 Å². The van der Waals surface area contributed by atoms with Crippen molar-refractivity contribution in [2.45, 2.75) is 13.0 Å². The molecule has 0 saturated heterocycles. The number of hydrogen-bond acceptors (Lipinski definition) is 5. The van der Waals surface area contributed by atoms with E-state index >= 15 is 0 Å². The molecule has 0 fully saturated rings. The molecule has 0 aliphatic heterocycles. The Kier molecular flexibility index (Phi) is 5.12. The zero-order valence-electron chi connectivity index (χ0n) is 10.4. The minimum Gasteiger partial charge on any atom is -0.395 e. The number of aromatic amines is 1. The first-order valence-corrected chi connectivity index (χ1v) is 7.53. The Morgan fingerprint density at radius 3 is 3.00 bits per heavy atom. The van der Waals surface area contributed by atoms with Crippen LogP contribution < -0.4 is 10.2 Å². The van der Waals surface area contributed by atoms with E-state index in [2.05, 4.69) is 22.1 Å². The van der Waals surface area contributed by atoms with Crippen molar-refractivity contribution in [1.82, 2.24) is 10.3 Å². The van der Waals surface area contributed by atoms with Crippen molar-refractivity contribution < 1.29 is 9.90 Å². The van der Waals surface area contributed by atoms with Gasteiger partial charge in [0.1, 0.15) is 0 Å². The van der Waals surface area contributed by atoms with Gasteiger partial charge in [0.2, 0.25) is 0 Å². The fraction of sp³-hybridized carbons (Fsp3) is 0.231. The molecule has 7 heteroatoms. The molecule has 1 amide bonds. The smallest absolute Gasteiger partial charge is 0.304 e. The Morgan fingerprint density at radius 1 is 1.45 bits per heavy atom. The number of aliphatic hydroxyl groups excluding tert-OH is 1. The summed E-state index contributed by atoms with van der Waals surface area (Å²) in [4.78, 5) is 26.7. The fourth-order valence-corrected chi connectivity index (χ4v) is 2.77. The van der Waals surface area contributed by atoms with Crippen molar-refractivity contribution in [1.29, 1.82) is 0 Å². The standard InChI is InChI=1S/C13H12N2O3S2/c16-6-2-1-3-10-4-5-11(20-10)12(17)14-7-9-8-19-13(18)15-9/h4-5,8,16H,2,6-7H2,(H,14,17)(H,15,18). The Bertz CT molecular complexity index is 703. The number of aliphatic hydroxyl groups is 1. The third-order valence-electron chi connectivity index (χ3n) is 2.29. The largest absolute Gasteiger partial charge is 0.395 e. The maximum Gasteiger partial charge on any atom is 0.304 e.